The van der Waals surface area contributed by atoms with E-state index >= 15 is 0 Å². The van der Waals surface area contributed by atoms with E-state index in [1.165, 1.54) is 12.0 Å². The average Bonchev–Trinajstić information content (AvgIpc) is 3.30. The third kappa shape index (κ3) is 16.2. The number of hydrogen-bond donors (Lipinski definition) is 2. The maximum atomic E-state index is 14.5. The Bertz CT molecular complexity index is 1940. The Morgan fingerprint density at radius 3 is 2.22 bits per heavy atom. The van der Waals surface area contributed by atoms with Crippen molar-refractivity contribution >= 4 is 36.6 Å². The quantitative estimate of drug-likeness (QED) is 0.104. The van der Waals surface area contributed by atoms with Crippen LogP contribution in [0.15, 0.2) is 47.6 Å². The standard InChI is InChI=1S/C53H84NO14P/c1-32-18-14-13-15-19-33(2)44(63-8)30-40-23-21-38(7)53(61,67-40)50(58)51(59)54-25-17-16-20-41(54)52(60)66-45(35(4)28-39-22-24-43(46(29-39)64-9)68-69(11,12)62)31-42(55)34(3)27-37(6)48(57)49(65-10)47(56)36(5)26-32/h13-15,18-19,27,32,34-36,38-41,43-46,48-49,57,61H,16-17,20-26,28-31H2,1-12H3/b15-13?,18-14+,33-19?,37-27+. The van der Waals surface area contributed by atoms with Crippen LogP contribution in [0.2, 0.25) is 0 Å². The fourth-order valence-corrected chi connectivity index (χ4v) is 11.4. The summed E-state index contributed by atoms with van der Waals surface area (Å²) in [4.78, 5) is 72.2. The number of cyclic esters (lactones) is 1. The Morgan fingerprint density at radius 2 is 1.57 bits per heavy atom. The summed E-state index contributed by atoms with van der Waals surface area (Å²) in [6, 6.07) is -1.16. The molecular weight excluding hydrogens is 906 g/mol. The lowest BCUT2D eigenvalue weighted by Crippen LogP contribution is -2.61. The van der Waals surface area contributed by atoms with Gasteiger partial charge in [0.1, 0.15) is 30.1 Å². The Morgan fingerprint density at radius 1 is 0.855 bits per heavy atom. The van der Waals surface area contributed by atoms with Crippen molar-refractivity contribution in [3.05, 3.63) is 47.6 Å². The molecule has 4 aliphatic rings. The van der Waals surface area contributed by atoms with E-state index in [1.807, 2.05) is 58.1 Å². The summed E-state index contributed by atoms with van der Waals surface area (Å²) in [5.41, 5.74) is 1.25. The van der Waals surface area contributed by atoms with Gasteiger partial charge in [-0.15, -0.1) is 0 Å². The van der Waals surface area contributed by atoms with Gasteiger partial charge in [0.25, 0.3) is 11.7 Å². The zero-order valence-corrected chi connectivity index (χ0v) is 44.3. The molecule has 3 heterocycles. The molecule has 1 aliphatic carbocycles. The van der Waals surface area contributed by atoms with Crippen LogP contribution in [0.1, 0.15) is 126 Å². The van der Waals surface area contributed by atoms with Crippen LogP contribution in [-0.4, -0.2) is 140 Å². The van der Waals surface area contributed by atoms with Crippen molar-refractivity contribution in [2.75, 3.05) is 41.2 Å². The van der Waals surface area contributed by atoms with Gasteiger partial charge in [0, 0.05) is 71.8 Å². The molecule has 0 radical (unpaired) electrons. The largest absolute Gasteiger partial charge is 0.460 e. The molecule has 2 N–H and O–H groups in total. The fraction of sp³-hybridized carbons (Fsp3) is 0.755. The zero-order valence-electron chi connectivity index (χ0n) is 43.4. The number of fused-ring (bicyclic) bond motifs is 3. The Balaban J connectivity index is 1.70. The number of methoxy groups -OCH3 is 3. The van der Waals surface area contributed by atoms with E-state index in [2.05, 4.69) is 0 Å². The second-order valence-electron chi connectivity index (χ2n) is 20.9. The highest BCUT2D eigenvalue weighted by Crippen LogP contribution is 2.45. The van der Waals surface area contributed by atoms with Crippen LogP contribution in [-0.2, 0) is 56.7 Å². The number of nitrogens with zero attached hydrogens (tertiary/aromatic N) is 1. The normalized spacial score (nSPS) is 37.8. The van der Waals surface area contributed by atoms with Crippen molar-refractivity contribution in [3.8, 4) is 0 Å². The minimum atomic E-state index is -2.79. The second-order valence-corrected chi connectivity index (χ2v) is 23.6. The maximum absolute atomic E-state index is 14.5. The van der Waals surface area contributed by atoms with Crippen LogP contribution in [0.4, 0.5) is 0 Å². The number of hydrogen-bond acceptors (Lipinski definition) is 14. The number of aliphatic hydroxyl groups is 2. The predicted molar refractivity (Wildman–Crippen MR) is 263 cm³/mol. The van der Waals surface area contributed by atoms with Gasteiger partial charge in [-0.3, -0.25) is 23.7 Å². The first-order chi connectivity index (χ1) is 32.4. The molecule has 1 amide bonds. The van der Waals surface area contributed by atoms with Crippen LogP contribution in [0.3, 0.4) is 0 Å². The lowest BCUT2D eigenvalue weighted by molar-refractivity contribution is -0.265. The van der Waals surface area contributed by atoms with Crippen molar-refractivity contribution < 1.29 is 67.0 Å². The molecule has 1 saturated carbocycles. The summed E-state index contributed by atoms with van der Waals surface area (Å²) < 4.78 is 48.2. The average molecular weight is 990 g/mol. The third-order valence-corrected chi connectivity index (χ3v) is 15.6. The van der Waals surface area contributed by atoms with Gasteiger partial charge in [-0.05, 0) is 107 Å². The van der Waals surface area contributed by atoms with E-state index < -0.39 is 85.1 Å². The first kappa shape index (κ1) is 58.4. The van der Waals surface area contributed by atoms with E-state index in [1.54, 1.807) is 54.4 Å². The van der Waals surface area contributed by atoms with Gasteiger partial charge in [0.15, 0.2) is 13.2 Å². The third-order valence-electron chi connectivity index (χ3n) is 14.8. The summed E-state index contributed by atoms with van der Waals surface area (Å²) in [5.74, 6) is -8.11. The monoisotopic (exact) mass is 990 g/mol. The van der Waals surface area contributed by atoms with E-state index in [4.69, 9.17) is 28.2 Å². The molecule has 0 aromatic carbocycles. The molecule has 69 heavy (non-hydrogen) atoms. The second kappa shape index (κ2) is 26.5. The molecule has 0 aromatic rings. The van der Waals surface area contributed by atoms with Crippen LogP contribution >= 0.6 is 7.37 Å². The summed E-state index contributed by atoms with van der Waals surface area (Å²) >= 11 is 0. The van der Waals surface area contributed by atoms with Crippen molar-refractivity contribution in [3.63, 3.8) is 0 Å². The number of aliphatic hydroxyl groups excluding tert-OH is 1. The number of rotatable bonds is 8. The number of ether oxygens (including phenoxy) is 5. The van der Waals surface area contributed by atoms with Gasteiger partial charge in [-0.25, -0.2) is 4.79 Å². The topological polar surface area (TPSA) is 201 Å². The highest BCUT2D eigenvalue weighted by molar-refractivity contribution is 7.57. The van der Waals surface area contributed by atoms with E-state index in [0.717, 1.165) is 12.0 Å². The molecule has 16 heteroatoms. The van der Waals surface area contributed by atoms with Gasteiger partial charge in [0.05, 0.1) is 24.4 Å². The smallest absolute Gasteiger partial charge is 0.329 e. The minimum Gasteiger partial charge on any atom is -0.460 e. The SMILES string of the molecule is COC1CC2CCC(C)C(O)(O2)C(=O)C(=O)N2CCCCC2C(=O)OC(C(C)CC2CCC(OP(C)(C)=O)C(OC)C2)CC(=O)C(C)/C=C(\C)C(O)C(OC)C(=O)C(C)CC(C)/C=C/C=CC=C1C. The molecule has 4 rings (SSSR count). The summed E-state index contributed by atoms with van der Waals surface area (Å²) in [5, 5.41) is 23.5. The Kier molecular flexibility index (Phi) is 22.5. The summed E-state index contributed by atoms with van der Waals surface area (Å²) in [7, 11) is 1.76. The number of Topliss-reactive ketones (excluding diaryl/α,β-unsaturated/α-hetero) is 3. The maximum Gasteiger partial charge on any atom is 0.329 e. The van der Waals surface area contributed by atoms with E-state index in [0.29, 0.717) is 63.4 Å². The molecule has 0 aromatic heterocycles. The zero-order chi connectivity index (χ0) is 51.4. The van der Waals surface area contributed by atoms with Gasteiger partial charge >= 0.3 is 5.97 Å². The predicted octanol–water partition coefficient (Wildman–Crippen LogP) is 7.74. The van der Waals surface area contributed by atoms with Gasteiger partial charge in [0.2, 0.25) is 5.79 Å². The number of carbonyl (C=O) groups excluding carboxylic acids is 5. The molecule has 3 fully saturated rings. The van der Waals surface area contributed by atoms with Crippen molar-refractivity contribution in [1.82, 2.24) is 4.90 Å². The van der Waals surface area contributed by atoms with Gasteiger partial charge < -0.3 is 43.3 Å². The van der Waals surface area contributed by atoms with Crippen LogP contribution in [0, 0.1) is 35.5 Å². The molecule has 3 aliphatic heterocycles. The molecule has 2 bridgehead atoms. The molecule has 390 valence electrons. The van der Waals surface area contributed by atoms with Gasteiger partial charge in [-0.2, -0.15) is 0 Å². The summed E-state index contributed by atoms with van der Waals surface area (Å²) in [6.07, 6.45) is 11.4. The number of carbonyl (C=O) groups is 5. The van der Waals surface area contributed by atoms with Crippen LogP contribution in [0.5, 0.6) is 0 Å². The molecule has 0 spiro atoms. The number of amides is 1. The molecular formula is C53H84NO14P. The van der Waals surface area contributed by atoms with Crippen LogP contribution < -0.4 is 0 Å². The number of allylic oxidation sites excluding steroid dienone is 6. The number of piperidine rings is 1. The highest BCUT2D eigenvalue weighted by atomic mass is 31.2. The molecule has 2 saturated heterocycles. The molecule has 15 nitrogen and oxygen atoms in total. The van der Waals surface area contributed by atoms with Crippen molar-refractivity contribution in [2.24, 2.45) is 35.5 Å². The first-order valence-electron chi connectivity index (χ1n) is 25.2. The lowest BCUT2D eigenvalue weighted by atomic mass is 9.78. The first-order valence-corrected chi connectivity index (χ1v) is 27.7. The molecule has 15 atom stereocenters. The van der Waals surface area contributed by atoms with E-state index in [-0.39, 0.29) is 60.9 Å². The number of ketones is 3. The Labute approximate surface area is 411 Å². The van der Waals surface area contributed by atoms with Crippen LogP contribution in [0.25, 0.3) is 0 Å². The molecule has 15 unspecified atom stereocenters. The fourth-order valence-electron chi connectivity index (χ4n) is 10.5. The van der Waals surface area contributed by atoms with Gasteiger partial charge in [-0.1, -0.05) is 71.1 Å². The minimum absolute atomic E-state index is 0.0117. The number of esters is 1. The highest BCUT2D eigenvalue weighted by Gasteiger charge is 2.53. The van der Waals surface area contributed by atoms with E-state index in [9.17, 15) is 38.8 Å². The van der Waals surface area contributed by atoms with Crippen molar-refractivity contribution in [1.29, 1.82) is 0 Å². The van der Waals surface area contributed by atoms with Crippen molar-refractivity contribution in [2.45, 2.75) is 180 Å². The lowest BCUT2D eigenvalue weighted by Gasteiger charge is -2.42. The summed E-state index contributed by atoms with van der Waals surface area (Å²) in [6.45, 7) is 15.9. The Hall–Kier alpha value is -3.14.